The summed E-state index contributed by atoms with van der Waals surface area (Å²) < 4.78 is 11.8. The number of benzene rings is 2. The Morgan fingerprint density at radius 2 is 1.83 bits per heavy atom. The maximum absolute atomic E-state index is 5.87. The van der Waals surface area contributed by atoms with Gasteiger partial charge in [-0.05, 0) is 29.8 Å². The molecule has 94 valence electrons. The SMILES string of the molecule is COc1ccc(OCc2ccc(Br)cc2)c(N)c1. The molecule has 0 aliphatic heterocycles. The average molecular weight is 308 g/mol. The highest BCUT2D eigenvalue weighted by Crippen LogP contribution is 2.27. The van der Waals surface area contributed by atoms with Crippen molar-refractivity contribution in [3.63, 3.8) is 0 Å². The van der Waals surface area contributed by atoms with Crippen LogP contribution in [0.4, 0.5) is 5.69 Å². The Balaban J connectivity index is 2.04. The molecule has 0 saturated carbocycles. The van der Waals surface area contributed by atoms with Gasteiger partial charge in [-0.25, -0.2) is 0 Å². The minimum Gasteiger partial charge on any atom is -0.497 e. The van der Waals surface area contributed by atoms with Crippen LogP contribution in [0.15, 0.2) is 46.9 Å². The van der Waals surface area contributed by atoms with Gasteiger partial charge in [-0.15, -0.1) is 0 Å². The van der Waals surface area contributed by atoms with Gasteiger partial charge in [0.1, 0.15) is 18.1 Å². The number of methoxy groups -OCH3 is 1. The van der Waals surface area contributed by atoms with E-state index in [4.69, 9.17) is 15.2 Å². The summed E-state index contributed by atoms with van der Waals surface area (Å²) >= 11 is 3.39. The second-order valence-electron chi connectivity index (χ2n) is 3.82. The van der Waals surface area contributed by atoms with E-state index in [1.165, 1.54) is 0 Å². The summed E-state index contributed by atoms with van der Waals surface area (Å²) in [5, 5.41) is 0. The van der Waals surface area contributed by atoms with Crippen LogP contribution in [0.25, 0.3) is 0 Å². The van der Waals surface area contributed by atoms with Crippen molar-refractivity contribution in [1.29, 1.82) is 0 Å². The molecule has 0 aliphatic carbocycles. The van der Waals surface area contributed by atoms with E-state index in [-0.39, 0.29) is 0 Å². The normalized spacial score (nSPS) is 10.1. The predicted molar refractivity (Wildman–Crippen MR) is 75.9 cm³/mol. The van der Waals surface area contributed by atoms with E-state index in [9.17, 15) is 0 Å². The Morgan fingerprint density at radius 3 is 2.44 bits per heavy atom. The second kappa shape index (κ2) is 5.78. The highest BCUT2D eigenvalue weighted by Gasteiger charge is 2.02. The largest absolute Gasteiger partial charge is 0.497 e. The minimum atomic E-state index is 0.490. The van der Waals surface area contributed by atoms with Crippen LogP contribution < -0.4 is 15.2 Å². The molecule has 3 nitrogen and oxygen atoms in total. The van der Waals surface area contributed by atoms with Crippen molar-refractivity contribution in [3.8, 4) is 11.5 Å². The number of nitrogens with two attached hydrogens (primary N) is 1. The Morgan fingerprint density at radius 1 is 1.11 bits per heavy atom. The molecule has 0 heterocycles. The summed E-state index contributed by atoms with van der Waals surface area (Å²) in [6, 6.07) is 13.4. The molecule has 4 heteroatoms. The highest BCUT2D eigenvalue weighted by atomic mass is 79.9. The molecular weight excluding hydrogens is 294 g/mol. The van der Waals surface area contributed by atoms with Crippen molar-refractivity contribution >= 4 is 21.6 Å². The zero-order chi connectivity index (χ0) is 13.0. The number of nitrogen functional groups attached to an aromatic ring is 1. The maximum atomic E-state index is 5.87. The minimum absolute atomic E-state index is 0.490. The van der Waals surface area contributed by atoms with E-state index in [1.807, 2.05) is 36.4 Å². The van der Waals surface area contributed by atoms with Crippen LogP contribution >= 0.6 is 15.9 Å². The average Bonchev–Trinajstić information content (AvgIpc) is 2.39. The van der Waals surface area contributed by atoms with Crippen LogP contribution in [0.2, 0.25) is 0 Å². The molecular formula is C14H14BrNO2. The van der Waals surface area contributed by atoms with Crippen molar-refractivity contribution in [3.05, 3.63) is 52.5 Å². The lowest BCUT2D eigenvalue weighted by atomic mass is 10.2. The third-order valence-corrected chi connectivity index (χ3v) is 3.05. The van der Waals surface area contributed by atoms with Gasteiger partial charge in [0.25, 0.3) is 0 Å². The second-order valence-corrected chi connectivity index (χ2v) is 4.73. The summed E-state index contributed by atoms with van der Waals surface area (Å²) in [5.74, 6) is 1.39. The molecule has 2 N–H and O–H groups in total. The van der Waals surface area contributed by atoms with Crippen molar-refractivity contribution in [2.45, 2.75) is 6.61 Å². The number of hydrogen-bond donors (Lipinski definition) is 1. The Bertz CT molecular complexity index is 526. The first-order valence-corrected chi connectivity index (χ1v) is 6.29. The summed E-state index contributed by atoms with van der Waals surface area (Å²) in [4.78, 5) is 0. The van der Waals surface area contributed by atoms with Crippen molar-refractivity contribution in [2.75, 3.05) is 12.8 Å². The molecule has 0 aromatic heterocycles. The van der Waals surface area contributed by atoms with Gasteiger partial charge in [-0.1, -0.05) is 28.1 Å². The molecule has 2 aromatic carbocycles. The fourth-order valence-corrected chi connectivity index (χ4v) is 1.79. The van der Waals surface area contributed by atoms with Gasteiger partial charge in [0, 0.05) is 10.5 Å². The molecule has 0 fully saturated rings. The van der Waals surface area contributed by atoms with Gasteiger partial charge in [-0.2, -0.15) is 0 Å². The zero-order valence-electron chi connectivity index (χ0n) is 10.0. The number of halogens is 1. The molecule has 0 bridgehead atoms. The standard InChI is InChI=1S/C14H14BrNO2/c1-17-12-6-7-14(13(16)8-12)18-9-10-2-4-11(15)5-3-10/h2-8H,9,16H2,1H3. The lowest BCUT2D eigenvalue weighted by molar-refractivity contribution is 0.307. The van der Waals surface area contributed by atoms with E-state index in [0.717, 1.165) is 15.8 Å². The highest BCUT2D eigenvalue weighted by molar-refractivity contribution is 9.10. The lowest BCUT2D eigenvalue weighted by Crippen LogP contribution is -1.99. The molecule has 0 aliphatic rings. The number of rotatable bonds is 4. The maximum Gasteiger partial charge on any atom is 0.142 e. The lowest BCUT2D eigenvalue weighted by Gasteiger charge is -2.10. The van der Waals surface area contributed by atoms with Crippen LogP contribution in [0, 0.1) is 0 Å². The molecule has 2 aromatic rings. The molecule has 18 heavy (non-hydrogen) atoms. The van der Waals surface area contributed by atoms with Gasteiger partial charge in [-0.3, -0.25) is 0 Å². The number of hydrogen-bond acceptors (Lipinski definition) is 3. The van der Waals surface area contributed by atoms with E-state index in [1.54, 1.807) is 13.2 Å². The number of ether oxygens (including phenoxy) is 2. The van der Waals surface area contributed by atoms with E-state index < -0.39 is 0 Å². The predicted octanol–water partition coefficient (Wildman–Crippen LogP) is 3.62. The first-order chi connectivity index (χ1) is 8.69. The monoisotopic (exact) mass is 307 g/mol. The van der Waals surface area contributed by atoms with Crippen molar-refractivity contribution < 1.29 is 9.47 Å². The van der Waals surface area contributed by atoms with Crippen LogP contribution in [0.1, 0.15) is 5.56 Å². The van der Waals surface area contributed by atoms with Crippen LogP contribution in [0.3, 0.4) is 0 Å². The third-order valence-electron chi connectivity index (χ3n) is 2.52. The smallest absolute Gasteiger partial charge is 0.142 e. The molecule has 2 rings (SSSR count). The van der Waals surface area contributed by atoms with Gasteiger partial charge in [0.05, 0.1) is 12.8 Å². The topological polar surface area (TPSA) is 44.5 Å². The molecule has 0 saturated heterocycles. The van der Waals surface area contributed by atoms with Crippen LogP contribution in [0.5, 0.6) is 11.5 Å². The van der Waals surface area contributed by atoms with Crippen molar-refractivity contribution in [2.24, 2.45) is 0 Å². The Hall–Kier alpha value is -1.68. The molecule has 0 spiro atoms. The van der Waals surface area contributed by atoms with E-state index in [2.05, 4.69) is 15.9 Å². The van der Waals surface area contributed by atoms with Crippen LogP contribution in [-0.4, -0.2) is 7.11 Å². The Labute approximate surface area is 115 Å². The fourth-order valence-electron chi connectivity index (χ4n) is 1.53. The van der Waals surface area contributed by atoms with Gasteiger partial charge >= 0.3 is 0 Å². The number of anilines is 1. The summed E-state index contributed by atoms with van der Waals surface area (Å²) in [6.07, 6.45) is 0. The molecule has 0 amide bonds. The van der Waals surface area contributed by atoms with Gasteiger partial charge in [0.15, 0.2) is 0 Å². The molecule has 0 unspecified atom stereocenters. The van der Waals surface area contributed by atoms with Crippen molar-refractivity contribution in [1.82, 2.24) is 0 Å². The fraction of sp³-hybridized carbons (Fsp3) is 0.143. The van der Waals surface area contributed by atoms with Gasteiger partial charge < -0.3 is 15.2 Å². The molecule has 0 atom stereocenters. The van der Waals surface area contributed by atoms with E-state index >= 15 is 0 Å². The summed E-state index contributed by atoms with van der Waals surface area (Å²) in [6.45, 7) is 0.490. The summed E-state index contributed by atoms with van der Waals surface area (Å²) in [5.41, 5.74) is 7.54. The Kier molecular flexibility index (Phi) is 4.10. The van der Waals surface area contributed by atoms with Gasteiger partial charge in [0.2, 0.25) is 0 Å². The zero-order valence-corrected chi connectivity index (χ0v) is 11.6. The first-order valence-electron chi connectivity index (χ1n) is 5.50. The molecule has 0 radical (unpaired) electrons. The summed E-state index contributed by atoms with van der Waals surface area (Å²) in [7, 11) is 1.61. The van der Waals surface area contributed by atoms with Crippen LogP contribution in [-0.2, 0) is 6.61 Å². The quantitative estimate of drug-likeness (QED) is 0.877. The van der Waals surface area contributed by atoms with E-state index in [0.29, 0.717) is 18.0 Å². The first kappa shape index (κ1) is 12.8. The third kappa shape index (κ3) is 3.17.